The number of carbonyl (C=O) groups is 2. The highest BCUT2D eigenvalue weighted by Crippen LogP contribution is 2.25. The van der Waals surface area contributed by atoms with Crippen LogP contribution >= 0.6 is 23.2 Å². The maximum atomic E-state index is 12.6. The van der Waals surface area contributed by atoms with Crippen LogP contribution in [-0.4, -0.2) is 38.7 Å². The van der Waals surface area contributed by atoms with E-state index in [2.05, 4.69) is 5.32 Å². The zero-order valence-corrected chi connectivity index (χ0v) is 19.4. The molecule has 6 nitrogen and oxygen atoms in total. The molecule has 0 spiro atoms. The first-order valence-electron chi connectivity index (χ1n) is 9.53. The predicted molar refractivity (Wildman–Crippen MR) is 126 cm³/mol. The first-order valence-corrected chi connectivity index (χ1v) is 11.9. The molecule has 0 bridgehead atoms. The van der Waals surface area contributed by atoms with Crippen LogP contribution in [0.1, 0.15) is 15.9 Å². The van der Waals surface area contributed by atoms with Crippen LogP contribution < -0.4 is 5.32 Å². The second-order valence-electron chi connectivity index (χ2n) is 7.11. The number of sulfone groups is 1. The van der Waals surface area contributed by atoms with Gasteiger partial charge in [0.1, 0.15) is 0 Å². The maximum Gasteiger partial charge on any atom is 0.254 e. The lowest BCUT2D eigenvalue weighted by molar-refractivity contribution is -0.116. The minimum atomic E-state index is -3.48. The lowest BCUT2D eigenvalue weighted by Gasteiger charge is -2.17. The number of likely N-dealkylation sites (N-methyl/N-ethyl adjacent to an activating group) is 1. The Kier molecular flexibility index (Phi) is 7.56. The summed E-state index contributed by atoms with van der Waals surface area (Å²) in [5.41, 5.74) is 1.37. The number of anilines is 1. The summed E-state index contributed by atoms with van der Waals surface area (Å²) in [6, 6.07) is 19.2. The molecule has 0 aliphatic carbocycles. The number of carbonyl (C=O) groups excluding carboxylic acids is 2. The Hall–Kier alpha value is -2.87. The summed E-state index contributed by atoms with van der Waals surface area (Å²) in [7, 11) is -1.98. The standard InChI is InChI=1S/C23H20Cl2N2O4S/c1-27(14-22(28)26-18-11-12-20(24)21(25)13-18)23(29)17-9-7-16(8-10-17)15-32(30,31)19-5-3-2-4-6-19/h2-13H,14-15H2,1H3,(H,26,28). The van der Waals surface area contributed by atoms with Gasteiger partial charge >= 0.3 is 0 Å². The summed E-state index contributed by atoms with van der Waals surface area (Å²) in [6.45, 7) is -0.177. The minimum absolute atomic E-state index is 0.173. The van der Waals surface area contributed by atoms with Gasteiger partial charge in [-0.3, -0.25) is 9.59 Å². The third kappa shape index (κ3) is 6.09. The van der Waals surface area contributed by atoms with Crippen molar-refractivity contribution in [2.75, 3.05) is 18.9 Å². The van der Waals surface area contributed by atoms with Crippen LogP contribution in [0.25, 0.3) is 0 Å². The SMILES string of the molecule is CN(CC(=O)Nc1ccc(Cl)c(Cl)c1)C(=O)c1ccc(CS(=O)(=O)c2ccccc2)cc1. The number of amides is 2. The van der Waals surface area contributed by atoms with Gasteiger partial charge in [-0.25, -0.2) is 8.42 Å². The Morgan fingerprint density at radius 3 is 2.19 bits per heavy atom. The molecule has 166 valence electrons. The van der Waals surface area contributed by atoms with Crippen molar-refractivity contribution in [3.63, 3.8) is 0 Å². The van der Waals surface area contributed by atoms with E-state index in [1.165, 1.54) is 18.0 Å². The largest absolute Gasteiger partial charge is 0.332 e. The molecule has 0 unspecified atom stereocenters. The molecule has 0 fully saturated rings. The summed E-state index contributed by atoms with van der Waals surface area (Å²) >= 11 is 11.8. The van der Waals surface area contributed by atoms with Crippen molar-refractivity contribution in [3.8, 4) is 0 Å². The van der Waals surface area contributed by atoms with Gasteiger partial charge < -0.3 is 10.2 Å². The number of hydrogen-bond donors (Lipinski definition) is 1. The maximum absolute atomic E-state index is 12.6. The first-order chi connectivity index (χ1) is 15.2. The molecule has 0 saturated heterocycles. The molecular formula is C23H20Cl2N2O4S. The van der Waals surface area contributed by atoms with Gasteiger partial charge in [0.15, 0.2) is 9.84 Å². The van der Waals surface area contributed by atoms with Crippen molar-refractivity contribution in [2.24, 2.45) is 0 Å². The first kappa shape index (κ1) is 23.8. The Morgan fingerprint density at radius 1 is 0.906 bits per heavy atom. The van der Waals surface area contributed by atoms with E-state index < -0.39 is 15.7 Å². The quantitative estimate of drug-likeness (QED) is 0.521. The number of nitrogens with zero attached hydrogens (tertiary/aromatic N) is 1. The van der Waals surface area contributed by atoms with Crippen LogP contribution in [0.3, 0.4) is 0 Å². The predicted octanol–water partition coefficient (Wildman–Crippen LogP) is 4.68. The highest BCUT2D eigenvalue weighted by Gasteiger charge is 2.18. The van der Waals surface area contributed by atoms with Gasteiger partial charge in [0.2, 0.25) is 5.91 Å². The fourth-order valence-electron chi connectivity index (χ4n) is 2.96. The van der Waals surface area contributed by atoms with Gasteiger partial charge in [0, 0.05) is 18.3 Å². The number of halogens is 2. The molecule has 1 N–H and O–H groups in total. The van der Waals surface area contributed by atoms with Crippen LogP contribution in [0.4, 0.5) is 5.69 Å². The fraction of sp³-hybridized carbons (Fsp3) is 0.130. The molecule has 3 rings (SSSR count). The normalized spacial score (nSPS) is 11.1. The summed E-state index contributed by atoms with van der Waals surface area (Å²) in [5.74, 6) is -0.940. The zero-order chi connectivity index (χ0) is 23.3. The zero-order valence-electron chi connectivity index (χ0n) is 17.1. The van der Waals surface area contributed by atoms with E-state index in [4.69, 9.17) is 23.2 Å². The van der Waals surface area contributed by atoms with E-state index in [1.807, 2.05) is 0 Å². The van der Waals surface area contributed by atoms with E-state index in [1.54, 1.807) is 66.7 Å². The van der Waals surface area contributed by atoms with Gasteiger partial charge in [0.25, 0.3) is 5.91 Å². The van der Waals surface area contributed by atoms with Crippen LogP contribution in [-0.2, 0) is 20.4 Å². The van der Waals surface area contributed by atoms with Gasteiger partial charge in [0.05, 0.1) is 27.2 Å². The number of rotatable bonds is 7. The van der Waals surface area contributed by atoms with Crippen LogP contribution in [0.15, 0.2) is 77.7 Å². The molecule has 0 saturated carbocycles. The van der Waals surface area contributed by atoms with Gasteiger partial charge in [-0.05, 0) is 48.0 Å². The molecule has 3 aromatic rings. The minimum Gasteiger partial charge on any atom is -0.332 e. The summed E-state index contributed by atoms with van der Waals surface area (Å²) in [6.07, 6.45) is 0. The average Bonchev–Trinajstić information content (AvgIpc) is 2.76. The molecule has 32 heavy (non-hydrogen) atoms. The molecule has 0 aromatic heterocycles. The number of benzene rings is 3. The topological polar surface area (TPSA) is 83.6 Å². The highest BCUT2D eigenvalue weighted by atomic mass is 35.5. The highest BCUT2D eigenvalue weighted by molar-refractivity contribution is 7.90. The van der Waals surface area contributed by atoms with Crippen LogP contribution in [0.5, 0.6) is 0 Å². The molecule has 0 radical (unpaired) electrons. The van der Waals surface area contributed by atoms with Crippen molar-refractivity contribution in [2.45, 2.75) is 10.6 Å². The molecule has 2 amide bonds. The molecule has 3 aromatic carbocycles. The van der Waals surface area contributed by atoms with Crippen LogP contribution in [0, 0.1) is 0 Å². The molecule has 9 heteroatoms. The van der Waals surface area contributed by atoms with Gasteiger partial charge in [-0.2, -0.15) is 0 Å². The van der Waals surface area contributed by atoms with E-state index >= 15 is 0 Å². The van der Waals surface area contributed by atoms with Crippen molar-refractivity contribution in [3.05, 3.63) is 94.0 Å². The number of hydrogen-bond acceptors (Lipinski definition) is 4. The van der Waals surface area contributed by atoms with E-state index in [-0.39, 0.29) is 23.1 Å². The van der Waals surface area contributed by atoms with Crippen molar-refractivity contribution < 1.29 is 18.0 Å². The Balaban J connectivity index is 1.61. The lowest BCUT2D eigenvalue weighted by atomic mass is 10.1. The summed E-state index contributed by atoms with van der Waals surface area (Å²) < 4.78 is 25.0. The summed E-state index contributed by atoms with van der Waals surface area (Å²) in [4.78, 5) is 26.4. The second kappa shape index (κ2) is 10.2. The molecule has 0 aliphatic rings. The lowest BCUT2D eigenvalue weighted by Crippen LogP contribution is -2.34. The third-order valence-electron chi connectivity index (χ3n) is 4.59. The molecule has 0 aliphatic heterocycles. The van der Waals surface area contributed by atoms with E-state index in [0.717, 1.165) is 0 Å². The van der Waals surface area contributed by atoms with Crippen LogP contribution in [0.2, 0.25) is 10.0 Å². The van der Waals surface area contributed by atoms with Crippen molar-refractivity contribution in [1.29, 1.82) is 0 Å². The fourth-order valence-corrected chi connectivity index (χ4v) is 4.62. The van der Waals surface area contributed by atoms with Crippen molar-refractivity contribution >= 4 is 50.5 Å². The third-order valence-corrected chi connectivity index (χ3v) is 7.03. The molecule has 0 atom stereocenters. The Bertz CT molecular complexity index is 1230. The Morgan fingerprint density at radius 2 is 1.56 bits per heavy atom. The van der Waals surface area contributed by atoms with Crippen molar-refractivity contribution in [1.82, 2.24) is 4.90 Å². The van der Waals surface area contributed by atoms with E-state index in [9.17, 15) is 18.0 Å². The van der Waals surface area contributed by atoms with Gasteiger partial charge in [-0.15, -0.1) is 0 Å². The average molecular weight is 491 g/mol. The van der Waals surface area contributed by atoms with Gasteiger partial charge in [-0.1, -0.05) is 53.5 Å². The Labute approximate surface area is 196 Å². The smallest absolute Gasteiger partial charge is 0.254 e. The van der Waals surface area contributed by atoms with E-state index in [0.29, 0.717) is 26.9 Å². The molecule has 0 heterocycles. The second-order valence-corrected chi connectivity index (χ2v) is 9.91. The monoisotopic (exact) mass is 490 g/mol. The number of nitrogens with one attached hydrogen (secondary N) is 1. The molecular weight excluding hydrogens is 471 g/mol. The summed E-state index contributed by atoms with van der Waals surface area (Å²) in [5, 5.41) is 3.34.